The Morgan fingerprint density at radius 1 is 1.15 bits per heavy atom. The molecule has 2 aromatic rings. The van der Waals surface area contributed by atoms with E-state index in [0.717, 1.165) is 24.9 Å². The molecule has 27 heavy (non-hydrogen) atoms. The van der Waals surface area contributed by atoms with E-state index >= 15 is 0 Å². The summed E-state index contributed by atoms with van der Waals surface area (Å²) in [7, 11) is 0. The molecule has 0 aliphatic carbocycles. The summed E-state index contributed by atoms with van der Waals surface area (Å²) in [4.78, 5) is 30.4. The highest BCUT2D eigenvalue weighted by atomic mass is 19.4. The van der Waals surface area contributed by atoms with Gasteiger partial charge < -0.3 is 4.90 Å². The lowest BCUT2D eigenvalue weighted by Gasteiger charge is -2.32. The Bertz CT molecular complexity index is 821. The SMILES string of the molecule is O=C(CC1CCCN(C(=O)c2ccccc2)C1)c1cnccc1C(F)(F)F. The van der Waals surface area contributed by atoms with Gasteiger partial charge in [0.15, 0.2) is 5.78 Å². The van der Waals surface area contributed by atoms with Gasteiger partial charge in [-0.2, -0.15) is 13.2 Å². The van der Waals surface area contributed by atoms with Crippen molar-refractivity contribution in [2.75, 3.05) is 13.1 Å². The van der Waals surface area contributed by atoms with Crippen LogP contribution in [-0.2, 0) is 6.18 Å². The number of nitrogens with zero attached hydrogens (tertiary/aromatic N) is 2. The van der Waals surface area contributed by atoms with Crippen LogP contribution in [0, 0.1) is 5.92 Å². The Balaban J connectivity index is 1.70. The maximum atomic E-state index is 13.1. The zero-order valence-corrected chi connectivity index (χ0v) is 14.6. The van der Waals surface area contributed by atoms with Crippen LogP contribution < -0.4 is 0 Å². The van der Waals surface area contributed by atoms with Crippen LogP contribution in [-0.4, -0.2) is 34.7 Å². The lowest BCUT2D eigenvalue weighted by Crippen LogP contribution is -2.40. The summed E-state index contributed by atoms with van der Waals surface area (Å²) in [5, 5.41) is 0. The van der Waals surface area contributed by atoms with Gasteiger partial charge in [0.05, 0.1) is 5.56 Å². The molecule has 1 fully saturated rings. The second-order valence-corrected chi connectivity index (χ2v) is 6.67. The molecule has 0 radical (unpaired) electrons. The van der Waals surface area contributed by atoms with Gasteiger partial charge in [0, 0.05) is 43.0 Å². The quantitative estimate of drug-likeness (QED) is 0.751. The van der Waals surface area contributed by atoms with Crippen molar-refractivity contribution in [2.24, 2.45) is 5.92 Å². The maximum absolute atomic E-state index is 13.1. The molecular formula is C20H19F3N2O2. The van der Waals surface area contributed by atoms with Crippen LogP contribution in [0.25, 0.3) is 0 Å². The zero-order valence-electron chi connectivity index (χ0n) is 14.6. The van der Waals surface area contributed by atoms with Crippen LogP contribution in [0.2, 0.25) is 0 Å². The number of aromatic nitrogens is 1. The normalized spacial score (nSPS) is 17.6. The lowest BCUT2D eigenvalue weighted by atomic mass is 9.90. The molecule has 4 nitrogen and oxygen atoms in total. The van der Waals surface area contributed by atoms with Gasteiger partial charge in [-0.1, -0.05) is 18.2 Å². The van der Waals surface area contributed by atoms with Gasteiger partial charge in [-0.15, -0.1) is 0 Å². The fourth-order valence-corrected chi connectivity index (χ4v) is 3.42. The first-order valence-electron chi connectivity index (χ1n) is 8.75. The van der Waals surface area contributed by atoms with Crippen molar-refractivity contribution in [1.29, 1.82) is 0 Å². The lowest BCUT2D eigenvalue weighted by molar-refractivity contribution is -0.138. The summed E-state index contributed by atoms with van der Waals surface area (Å²) < 4.78 is 39.3. The summed E-state index contributed by atoms with van der Waals surface area (Å²) in [5.41, 5.74) is -0.803. The van der Waals surface area contributed by atoms with Crippen LogP contribution in [0.4, 0.5) is 13.2 Å². The number of carbonyl (C=O) groups is 2. The van der Waals surface area contributed by atoms with E-state index in [2.05, 4.69) is 4.98 Å². The summed E-state index contributed by atoms with van der Waals surface area (Å²) >= 11 is 0. The molecule has 7 heteroatoms. The minimum absolute atomic E-state index is 0.0344. The first kappa shape index (κ1) is 19.1. The number of benzene rings is 1. The molecule has 1 aliphatic rings. The van der Waals surface area contributed by atoms with Gasteiger partial charge in [0.1, 0.15) is 0 Å². The number of amides is 1. The number of alkyl halides is 3. The highest BCUT2D eigenvalue weighted by Crippen LogP contribution is 2.33. The molecule has 0 bridgehead atoms. The highest BCUT2D eigenvalue weighted by molar-refractivity contribution is 5.97. The molecular weight excluding hydrogens is 357 g/mol. The average Bonchev–Trinajstić information content (AvgIpc) is 2.67. The van der Waals surface area contributed by atoms with E-state index in [1.165, 1.54) is 0 Å². The first-order valence-corrected chi connectivity index (χ1v) is 8.75. The molecule has 1 aromatic carbocycles. The Morgan fingerprint density at radius 2 is 1.89 bits per heavy atom. The van der Waals surface area contributed by atoms with Crippen molar-refractivity contribution in [1.82, 2.24) is 9.88 Å². The second kappa shape index (κ2) is 7.90. The number of ketones is 1. The monoisotopic (exact) mass is 376 g/mol. The number of halogens is 3. The van der Waals surface area contributed by atoms with Gasteiger partial charge in [0.25, 0.3) is 5.91 Å². The topological polar surface area (TPSA) is 50.3 Å². The van der Waals surface area contributed by atoms with Crippen molar-refractivity contribution in [3.63, 3.8) is 0 Å². The number of carbonyl (C=O) groups excluding carboxylic acids is 2. The molecule has 142 valence electrons. The zero-order chi connectivity index (χ0) is 19.4. The van der Waals surface area contributed by atoms with E-state index in [1.54, 1.807) is 29.2 Å². The standard InChI is InChI=1S/C20H19F3N2O2/c21-20(22,23)17-8-9-24-12-16(17)18(26)11-14-5-4-10-25(13-14)19(27)15-6-2-1-3-7-15/h1-3,6-9,12,14H,4-5,10-11,13H2. The number of hydrogen-bond donors (Lipinski definition) is 0. The molecule has 1 aromatic heterocycles. The predicted molar refractivity (Wildman–Crippen MR) is 93.3 cm³/mol. The molecule has 1 amide bonds. The number of likely N-dealkylation sites (tertiary alicyclic amines) is 1. The molecule has 0 spiro atoms. The molecule has 1 aliphatic heterocycles. The van der Waals surface area contributed by atoms with E-state index < -0.39 is 23.1 Å². The molecule has 1 atom stereocenters. The molecule has 2 heterocycles. The van der Waals surface area contributed by atoms with Gasteiger partial charge in [-0.25, -0.2) is 0 Å². The van der Waals surface area contributed by atoms with E-state index in [4.69, 9.17) is 0 Å². The van der Waals surface area contributed by atoms with Crippen LogP contribution >= 0.6 is 0 Å². The third-order valence-corrected chi connectivity index (χ3v) is 4.73. The van der Waals surface area contributed by atoms with E-state index in [-0.39, 0.29) is 18.2 Å². The van der Waals surface area contributed by atoms with E-state index in [0.29, 0.717) is 25.1 Å². The fraction of sp³-hybridized carbons (Fsp3) is 0.350. The number of hydrogen-bond acceptors (Lipinski definition) is 3. The molecule has 0 N–H and O–H groups in total. The molecule has 1 unspecified atom stereocenters. The maximum Gasteiger partial charge on any atom is 0.417 e. The minimum atomic E-state index is -4.60. The Hall–Kier alpha value is -2.70. The van der Waals surface area contributed by atoms with Gasteiger partial charge in [0.2, 0.25) is 0 Å². The van der Waals surface area contributed by atoms with Crippen LogP contribution in [0.15, 0.2) is 48.8 Å². The van der Waals surface area contributed by atoms with Crippen LogP contribution in [0.1, 0.15) is 45.5 Å². The van der Waals surface area contributed by atoms with Gasteiger partial charge in [-0.3, -0.25) is 14.6 Å². The first-order chi connectivity index (χ1) is 12.9. The van der Waals surface area contributed by atoms with Crippen molar-refractivity contribution in [2.45, 2.75) is 25.4 Å². The molecule has 0 saturated carbocycles. The van der Waals surface area contributed by atoms with Crippen molar-refractivity contribution in [3.8, 4) is 0 Å². The summed E-state index contributed by atoms with van der Waals surface area (Å²) in [6.07, 6.45) is -1.22. The van der Waals surface area contributed by atoms with Crippen LogP contribution in [0.5, 0.6) is 0 Å². The Labute approximate surface area is 155 Å². The van der Waals surface area contributed by atoms with Crippen molar-refractivity contribution in [3.05, 3.63) is 65.5 Å². The van der Waals surface area contributed by atoms with E-state index in [9.17, 15) is 22.8 Å². The fourth-order valence-electron chi connectivity index (χ4n) is 3.42. The number of Topliss-reactive ketones (excluding diaryl/α,β-unsaturated/α-hetero) is 1. The Kier molecular flexibility index (Phi) is 5.58. The Morgan fingerprint density at radius 3 is 2.59 bits per heavy atom. The van der Waals surface area contributed by atoms with Crippen molar-refractivity contribution >= 4 is 11.7 Å². The van der Waals surface area contributed by atoms with Crippen LogP contribution in [0.3, 0.4) is 0 Å². The molecule has 3 rings (SSSR count). The summed E-state index contributed by atoms with van der Waals surface area (Å²) in [6.45, 7) is 0.945. The summed E-state index contributed by atoms with van der Waals surface area (Å²) in [6, 6.07) is 9.64. The van der Waals surface area contributed by atoms with Crippen molar-refractivity contribution < 1.29 is 22.8 Å². The van der Waals surface area contributed by atoms with E-state index in [1.807, 2.05) is 6.07 Å². The minimum Gasteiger partial charge on any atom is -0.338 e. The smallest absolute Gasteiger partial charge is 0.338 e. The number of piperidine rings is 1. The third-order valence-electron chi connectivity index (χ3n) is 4.73. The average molecular weight is 376 g/mol. The van der Waals surface area contributed by atoms with Gasteiger partial charge >= 0.3 is 6.18 Å². The summed E-state index contributed by atoms with van der Waals surface area (Å²) in [5.74, 6) is -0.875. The number of pyridine rings is 1. The highest BCUT2D eigenvalue weighted by Gasteiger charge is 2.36. The van der Waals surface area contributed by atoms with Gasteiger partial charge in [-0.05, 0) is 37.0 Å². The second-order valence-electron chi connectivity index (χ2n) is 6.67. The number of rotatable bonds is 4. The largest absolute Gasteiger partial charge is 0.417 e. The predicted octanol–water partition coefficient (Wildman–Crippen LogP) is 4.23. The molecule has 1 saturated heterocycles. The third kappa shape index (κ3) is 4.53.